The van der Waals surface area contributed by atoms with E-state index in [-0.39, 0.29) is 0 Å². The van der Waals surface area contributed by atoms with Crippen molar-refractivity contribution in [2.24, 2.45) is 0 Å². The third-order valence-corrected chi connectivity index (χ3v) is 4.01. The van der Waals surface area contributed by atoms with Gasteiger partial charge in [0.05, 0.1) is 0 Å². The van der Waals surface area contributed by atoms with Crippen LogP contribution in [0.5, 0.6) is 5.75 Å². The molecule has 1 aromatic carbocycles. The highest BCUT2D eigenvalue weighted by Crippen LogP contribution is 2.15. The van der Waals surface area contributed by atoms with Gasteiger partial charge in [-0.2, -0.15) is 0 Å². The summed E-state index contributed by atoms with van der Waals surface area (Å²) >= 11 is 0. The van der Waals surface area contributed by atoms with E-state index in [9.17, 15) is 5.11 Å². The van der Waals surface area contributed by atoms with Crippen molar-refractivity contribution in [1.29, 1.82) is 0 Å². The summed E-state index contributed by atoms with van der Waals surface area (Å²) < 4.78 is 5.77. The van der Waals surface area contributed by atoms with Crippen molar-refractivity contribution < 1.29 is 9.84 Å². The summed E-state index contributed by atoms with van der Waals surface area (Å²) in [7, 11) is 4.11. The van der Waals surface area contributed by atoms with Gasteiger partial charge >= 0.3 is 0 Å². The molecule has 0 aliphatic carbocycles. The van der Waals surface area contributed by atoms with Crippen LogP contribution in [0.1, 0.15) is 31.2 Å². The van der Waals surface area contributed by atoms with E-state index in [1.165, 1.54) is 31.2 Å². The summed E-state index contributed by atoms with van der Waals surface area (Å²) in [5.74, 6) is 0.842. The first-order valence-electron chi connectivity index (χ1n) is 8.40. The molecule has 0 bridgehead atoms. The van der Waals surface area contributed by atoms with Gasteiger partial charge in [-0.15, -0.1) is 0 Å². The summed E-state index contributed by atoms with van der Waals surface area (Å²) in [6, 6.07) is 8.12. The molecule has 0 radical (unpaired) electrons. The van der Waals surface area contributed by atoms with Crippen LogP contribution < -0.4 is 4.74 Å². The largest absolute Gasteiger partial charge is 0.491 e. The number of hydrogen-bond donors (Lipinski definition) is 1. The maximum Gasteiger partial charge on any atom is 0.119 e. The molecule has 1 aliphatic rings. The SMILES string of the molecule is CN(C)Cc1cccc(OCC(O)CN2CCCCCC2)c1. The molecule has 1 fully saturated rings. The van der Waals surface area contributed by atoms with E-state index in [1.54, 1.807) is 0 Å². The lowest BCUT2D eigenvalue weighted by atomic mass is 10.2. The van der Waals surface area contributed by atoms with Crippen molar-refractivity contribution in [3.8, 4) is 5.75 Å². The lowest BCUT2D eigenvalue weighted by Gasteiger charge is -2.23. The molecule has 0 spiro atoms. The molecule has 1 unspecified atom stereocenters. The van der Waals surface area contributed by atoms with E-state index in [4.69, 9.17) is 4.74 Å². The number of hydrogen-bond acceptors (Lipinski definition) is 4. The van der Waals surface area contributed by atoms with Crippen molar-refractivity contribution in [1.82, 2.24) is 9.80 Å². The minimum absolute atomic E-state index is 0.363. The van der Waals surface area contributed by atoms with E-state index < -0.39 is 6.10 Å². The normalized spacial score (nSPS) is 18.2. The minimum atomic E-state index is -0.421. The maximum absolute atomic E-state index is 10.2. The third-order valence-electron chi connectivity index (χ3n) is 4.01. The van der Waals surface area contributed by atoms with Crippen molar-refractivity contribution in [3.63, 3.8) is 0 Å². The van der Waals surface area contributed by atoms with Crippen LogP contribution >= 0.6 is 0 Å². The Balaban J connectivity index is 1.76. The Labute approximate surface area is 134 Å². The van der Waals surface area contributed by atoms with Crippen molar-refractivity contribution in [3.05, 3.63) is 29.8 Å². The van der Waals surface area contributed by atoms with Crippen molar-refractivity contribution >= 4 is 0 Å². The molecule has 1 saturated heterocycles. The molecule has 0 saturated carbocycles. The Morgan fingerprint density at radius 2 is 1.91 bits per heavy atom. The zero-order valence-corrected chi connectivity index (χ0v) is 14.0. The average molecular weight is 306 g/mol. The van der Waals surface area contributed by atoms with Crippen LogP contribution in [0.15, 0.2) is 24.3 Å². The molecule has 2 rings (SSSR count). The van der Waals surface area contributed by atoms with Gasteiger partial charge in [0, 0.05) is 13.1 Å². The standard InChI is InChI=1S/C18H30N2O2/c1-19(2)13-16-8-7-9-18(12-16)22-15-17(21)14-20-10-5-3-4-6-11-20/h7-9,12,17,21H,3-6,10-11,13-15H2,1-2H3. The van der Waals surface area contributed by atoms with E-state index in [0.717, 1.165) is 31.9 Å². The van der Waals surface area contributed by atoms with Gasteiger partial charge in [0.15, 0.2) is 0 Å². The Kier molecular flexibility index (Phi) is 7.16. The first-order valence-corrected chi connectivity index (χ1v) is 8.40. The smallest absolute Gasteiger partial charge is 0.119 e. The summed E-state index contributed by atoms with van der Waals surface area (Å²) in [6.45, 7) is 4.19. The van der Waals surface area contributed by atoms with Crippen LogP contribution in [0.2, 0.25) is 0 Å². The van der Waals surface area contributed by atoms with Gasteiger partial charge in [0.25, 0.3) is 0 Å². The molecule has 124 valence electrons. The minimum Gasteiger partial charge on any atom is -0.491 e. The zero-order chi connectivity index (χ0) is 15.8. The topological polar surface area (TPSA) is 35.9 Å². The number of nitrogens with zero attached hydrogens (tertiary/aromatic N) is 2. The lowest BCUT2D eigenvalue weighted by Crippen LogP contribution is -2.36. The molecule has 0 amide bonds. The fraction of sp³-hybridized carbons (Fsp3) is 0.667. The first-order chi connectivity index (χ1) is 10.6. The van der Waals surface area contributed by atoms with Gasteiger partial charge in [-0.3, -0.25) is 0 Å². The van der Waals surface area contributed by atoms with Crippen LogP contribution in [0.4, 0.5) is 0 Å². The van der Waals surface area contributed by atoms with Gasteiger partial charge in [0.1, 0.15) is 18.5 Å². The van der Waals surface area contributed by atoms with E-state index in [2.05, 4.69) is 36.0 Å². The van der Waals surface area contributed by atoms with Crippen LogP contribution in [0, 0.1) is 0 Å². The molecule has 0 aromatic heterocycles. The third kappa shape index (κ3) is 6.34. The second-order valence-electron chi connectivity index (χ2n) is 6.56. The fourth-order valence-electron chi connectivity index (χ4n) is 2.96. The highest BCUT2D eigenvalue weighted by atomic mass is 16.5. The average Bonchev–Trinajstić information content (AvgIpc) is 2.73. The summed E-state index contributed by atoms with van der Waals surface area (Å²) in [5.41, 5.74) is 1.23. The van der Waals surface area contributed by atoms with Crippen molar-refractivity contribution in [2.45, 2.75) is 38.3 Å². The Bertz CT molecular complexity index is 429. The van der Waals surface area contributed by atoms with Gasteiger partial charge < -0.3 is 19.6 Å². The maximum atomic E-state index is 10.2. The van der Waals surface area contributed by atoms with Crippen LogP contribution in [0.3, 0.4) is 0 Å². The second-order valence-corrected chi connectivity index (χ2v) is 6.56. The fourth-order valence-corrected chi connectivity index (χ4v) is 2.96. The van der Waals surface area contributed by atoms with E-state index in [0.29, 0.717) is 6.61 Å². The Morgan fingerprint density at radius 3 is 2.59 bits per heavy atom. The quantitative estimate of drug-likeness (QED) is 0.839. The van der Waals surface area contributed by atoms with E-state index in [1.807, 2.05) is 12.1 Å². The predicted molar refractivity (Wildman–Crippen MR) is 90.2 cm³/mol. The van der Waals surface area contributed by atoms with Crippen LogP contribution in [0.25, 0.3) is 0 Å². The van der Waals surface area contributed by atoms with E-state index >= 15 is 0 Å². The number of aliphatic hydroxyl groups is 1. The number of rotatable bonds is 7. The molecule has 1 N–H and O–H groups in total. The van der Waals surface area contributed by atoms with Crippen LogP contribution in [-0.4, -0.2) is 61.3 Å². The molecule has 1 heterocycles. The monoisotopic (exact) mass is 306 g/mol. The Hall–Kier alpha value is -1.10. The van der Waals surface area contributed by atoms with Gasteiger partial charge in [-0.1, -0.05) is 25.0 Å². The zero-order valence-electron chi connectivity index (χ0n) is 14.0. The molecule has 22 heavy (non-hydrogen) atoms. The summed E-state index contributed by atoms with van der Waals surface area (Å²) in [6.07, 6.45) is 4.72. The van der Waals surface area contributed by atoms with Gasteiger partial charge in [-0.05, 0) is 57.7 Å². The highest BCUT2D eigenvalue weighted by Gasteiger charge is 2.14. The predicted octanol–water partition coefficient (Wildman–Crippen LogP) is 2.36. The van der Waals surface area contributed by atoms with Crippen molar-refractivity contribution in [2.75, 3.05) is 40.3 Å². The number of ether oxygens (including phenoxy) is 1. The van der Waals surface area contributed by atoms with Gasteiger partial charge in [-0.25, -0.2) is 0 Å². The summed E-state index contributed by atoms with van der Waals surface area (Å²) in [5, 5.41) is 10.2. The molecule has 1 aliphatic heterocycles. The first kappa shape index (κ1) is 17.3. The lowest BCUT2D eigenvalue weighted by molar-refractivity contribution is 0.0693. The molecule has 4 heteroatoms. The molecule has 1 atom stereocenters. The number of aliphatic hydroxyl groups excluding tert-OH is 1. The number of likely N-dealkylation sites (tertiary alicyclic amines) is 1. The number of benzene rings is 1. The molecular formula is C18H30N2O2. The van der Waals surface area contributed by atoms with Crippen LogP contribution in [-0.2, 0) is 6.54 Å². The molecule has 1 aromatic rings. The summed E-state index contributed by atoms with van der Waals surface area (Å²) in [4.78, 5) is 4.50. The van der Waals surface area contributed by atoms with Gasteiger partial charge in [0.2, 0.25) is 0 Å². The molecular weight excluding hydrogens is 276 g/mol. The number of β-amino-alcohol motifs (C(OH)–C–C–N with tert-alkyl or cyclic N) is 1. The highest BCUT2D eigenvalue weighted by molar-refractivity contribution is 5.28. The molecule has 4 nitrogen and oxygen atoms in total. The Morgan fingerprint density at radius 1 is 1.18 bits per heavy atom. The second kappa shape index (κ2) is 9.13.